The van der Waals surface area contributed by atoms with Crippen molar-refractivity contribution in [1.82, 2.24) is 20.2 Å². The van der Waals surface area contributed by atoms with Crippen LogP contribution >= 0.6 is 0 Å². The Hall–Kier alpha value is -2.65. The molecule has 1 saturated heterocycles. The number of pyridine rings is 1. The first-order chi connectivity index (χ1) is 13.7. The predicted octanol–water partition coefficient (Wildman–Crippen LogP) is 0.787. The van der Waals surface area contributed by atoms with Gasteiger partial charge in [-0.05, 0) is 37.0 Å². The van der Waals surface area contributed by atoms with Crippen LogP contribution in [0.3, 0.4) is 0 Å². The van der Waals surface area contributed by atoms with Crippen molar-refractivity contribution >= 4 is 26.6 Å². The molecule has 152 valence electrons. The van der Waals surface area contributed by atoms with E-state index in [0.717, 1.165) is 36.5 Å². The summed E-state index contributed by atoms with van der Waals surface area (Å²) in [4.78, 5) is 28.3. The second-order valence-corrected chi connectivity index (χ2v) is 10.3. The Morgan fingerprint density at radius 1 is 1.24 bits per heavy atom. The molecule has 3 heterocycles. The predicted molar refractivity (Wildman–Crippen MR) is 109 cm³/mol. The highest BCUT2D eigenvalue weighted by Crippen LogP contribution is 2.42. The monoisotopic (exact) mass is 414 g/mol. The lowest BCUT2D eigenvalue weighted by Gasteiger charge is -2.50. The van der Waals surface area contributed by atoms with Gasteiger partial charge in [0.25, 0.3) is 5.56 Å². The molecule has 2 fully saturated rings. The van der Waals surface area contributed by atoms with E-state index in [4.69, 9.17) is 0 Å². The summed E-state index contributed by atoms with van der Waals surface area (Å²) in [5.74, 6) is -0.463. The fourth-order valence-corrected chi connectivity index (χ4v) is 5.36. The summed E-state index contributed by atoms with van der Waals surface area (Å²) in [6, 6.07) is 1.55. The van der Waals surface area contributed by atoms with Gasteiger partial charge in [-0.3, -0.25) is 14.9 Å². The third-order valence-electron chi connectivity index (χ3n) is 6.38. The average Bonchev–Trinajstić information content (AvgIpc) is 3.11. The van der Waals surface area contributed by atoms with Gasteiger partial charge in [0, 0.05) is 42.7 Å². The molecule has 29 heavy (non-hydrogen) atoms. The summed E-state index contributed by atoms with van der Waals surface area (Å²) in [5.41, 5.74) is 1.12. The topological polar surface area (TPSA) is 113 Å². The third-order valence-corrected chi connectivity index (χ3v) is 7.49. The molecule has 2 aliphatic carbocycles. The first kappa shape index (κ1) is 18.4. The van der Waals surface area contributed by atoms with Gasteiger partial charge in [-0.1, -0.05) is 6.08 Å². The molecule has 1 aliphatic heterocycles. The Bertz CT molecular complexity index is 1280. The number of allylic oxidation sites excluding steroid dienone is 1. The minimum absolute atomic E-state index is 0.105. The Labute approximate surface area is 167 Å². The Morgan fingerprint density at radius 2 is 2.00 bits per heavy atom. The van der Waals surface area contributed by atoms with Gasteiger partial charge < -0.3 is 14.9 Å². The molecule has 1 saturated carbocycles. The third kappa shape index (κ3) is 2.64. The van der Waals surface area contributed by atoms with Crippen LogP contribution in [0.5, 0.6) is 0 Å². The van der Waals surface area contributed by atoms with Crippen LogP contribution in [0.1, 0.15) is 30.7 Å². The minimum atomic E-state index is -3.48. The highest BCUT2D eigenvalue weighted by molar-refractivity contribution is 7.94. The average molecular weight is 414 g/mol. The molecule has 2 atom stereocenters. The maximum Gasteiger partial charge on any atom is 0.274 e. The van der Waals surface area contributed by atoms with E-state index in [1.807, 2.05) is 6.07 Å². The van der Waals surface area contributed by atoms with Crippen molar-refractivity contribution in [2.45, 2.75) is 36.8 Å². The first-order valence-electron chi connectivity index (χ1n) is 9.59. The van der Waals surface area contributed by atoms with Gasteiger partial charge in [0.1, 0.15) is 5.52 Å². The molecule has 3 N–H and O–H groups in total. The SMILES string of the molecule is Cn1cc(C2C=C(S(C)(=O)=O)C=C3NC(=O)C4(CCC4)NC32)c2cc[nH]c2c1=O. The van der Waals surface area contributed by atoms with E-state index in [2.05, 4.69) is 15.6 Å². The van der Waals surface area contributed by atoms with E-state index in [0.29, 0.717) is 11.2 Å². The summed E-state index contributed by atoms with van der Waals surface area (Å²) >= 11 is 0. The van der Waals surface area contributed by atoms with Crippen LogP contribution in [-0.2, 0) is 21.7 Å². The molecule has 0 bridgehead atoms. The van der Waals surface area contributed by atoms with E-state index < -0.39 is 15.4 Å². The van der Waals surface area contributed by atoms with E-state index in [9.17, 15) is 18.0 Å². The van der Waals surface area contributed by atoms with Gasteiger partial charge in [-0.25, -0.2) is 8.42 Å². The second kappa shape index (κ2) is 5.93. The molecule has 2 aromatic heterocycles. The molecule has 9 heteroatoms. The Balaban J connectivity index is 1.72. The van der Waals surface area contributed by atoms with Crippen molar-refractivity contribution in [3.63, 3.8) is 0 Å². The van der Waals surface area contributed by atoms with Crippen molar-refractivity contribution in [3.05, 3.63) is 57.1 Å². The van der Waals surface area contributed by atoms with E-state index in [-0.39, 0.29) is 28.3 Å². The van der Waals surface area contributed by atoms with Gasteiger partial charge in [-0.2, -0.15) is 0 Å². The molecule has 3 aliphatic rings. The molecule has 8 nitrogen and oxygen atoms in total. The van der Waals surface area contributed by atoms with Crippen LogP contribution in [0.2, 0.25) is 0 Å². The van der Waals surface area contributed by atoms with Crippen LogP contribution in [-0.4, -0.2) is 41.7 Å². The lowest BCUT2D eigenvalue weighted by Crippen LogP contribution is -2.70. The zero-order chi connectivity index (χ0) is 20.6. The summed E-state index contributed by atoms with van der Waals surface area (Å²) in [7, 11) is -1.81. The lowest BCUT2D eigenvalue weighted by molar-refractivity contribution is -0.132. The number of nitrogens with one attached hydrogen (secondary N) is 3. The largest absolute Gasteiger partial charge is 0.357 e. The van der Waals surface area contributed by atoms with Crippen molar-refractivity contribution in [2.24, 2.45) is 7.05 Å². The number of aromatic amines is 1. The van der Waals surface area contributed by atoms with Crippen molar-refractivity contribution in [2.75, 3.05) is 6.26 Å². The van der Waals surface area contributed by atoms with E-state index >= 15 is 0 Å². The van der Waals surface area contributed by atoms with E-state index in [1.165, 1.54) is 4.57 Å². The number of amides is 1. The van der Waals surface area contributed by atoms with Gasteiger partial charge in [0.2, 0.25) is 5.91 Å². The standard InChI is InChI=1S/C20H22N4O4S/c1-24-10-14(12-4-7-21-17(12)18(24)25)13-8-11(29(2,27)28)9-15-16(13)23-20(5-3-6-20)19(26)22-15/h4,7-10,13,16,21,23H,3,5-6H2,1-2H3,(H,22,26). The van der Waals surface area contributed by atoms with Crippen molar-refractivity contribution in [1.29, 1.82) is 0 Å². The van der Waals surface area contributed by atoms with Crippen molar-refractivity contribution < 1.29 is 13.2 Å². The molecule has 1 amide bonds. The summed E-state index contributed by atoms with van der Waals surface area (Å²) in [6.45, 7) is 0. The second-order valence-electron chi connectivity index (χ2n) is 8.25. The van der Waals surface area contributed by atoms with Crippen LogP contribution < -0.4 is 16.2 Å². The Morgan fingerprint density at radius 3 is 2.66 bits per heavy atom. The van der Waals surface area contributed by atoms with Crippen LogP contribution in [0.4, 0.5) is 0 Å². The number of hydrogen-bond acceptors (Lipinski definition) is 5. The smallest absolute Gasteiger partial charge is 0.274 e. The molecule has 2 aromatic rings. The zero-order valence-corrected chi connectivity index (χ0v) is 17.0. The lowest BCUT2D eigenvalue weighted by atomic mass is 9.71. The van der Waals surface area contributed by atoms with Crippen LogP contribution in [0.15, 0.2) is 46.0 Å². The van der Waals surface area contributed by atoms with E-state index in [1.54, 1.807) is 31.6 Å². The number of aryl methyl sites for hydroxylation is 1. The number of H-pyrrole nitrogens is 1. The molecule has 2 unspecified atom stereocenters. The molecule has 5 rings (SSSR count). The maximum atomic E-state index is 12.7. The molecule has 1 spiro atoms. The summed E-state index contributed by atoms with van der Waals surface area (Å²) in [5, 5.41) is 7.23. The van der Waals surface area contributed by atoms with Gasteiger partial charge in [0.15, 0.2) is 9.84 Å². The van der Waals surface area contributed by atoms with Gasteiger partial charge >= 0.3 is 0 Å². The number of piperazine rings is 1. The minimum Gasteiger partial charge on any atom is -0.357 e. The highest BCUT2D eigenvalue weighted by Gasteiger charge is 2.51. The number of fused-ring (bicyclic) bond motifs is 2. The van der Waals surface area contributed by atoms with Crippen molar-refractivity contribution in [3.8, 4) is 0 Å². The number of rotatable bonds is 2. The van der Waals surface area contributed by atoms with Gasteiger partial charge in [-0.15, -0.1) is 0 Å². The zero-order valence-electron chi connectivity index (χ0n) is 16.2. The normalized spacial score (nSPS) is 25.8. The number of hydrogen-bond donors (Lipinski definition) is 3. The van der Waals surface area contributed by atoms with Crippen LogP contribution in [0.25, 0.3) is 10.9 Å². The first-order valence-corrected chi connectivity index (χ1v) is 11.5. The summed E-state index contributed by atoms with van der Waals surface area (Å²) < 4.78 is 26.2. The van der Waals surface area contributed by atoms with Crippen LogP contribution in [0, 0.1) is 0 Å². The fourth-order valence-electron chi connectivity index (χ4n) is 4.62. The molecular formula is C20H22N4O4S. The maximum absolute atomic E-state index is 12.7. The molecule has 0 radical (unpaired) electrons. The Kier molecular flexibility index (Phi) is 3.76. The number of carbonyl (C=O) groups is 1. The highest BCUT2D eigenvalue weighted by atomic mass is 32.2. The summed E-state index contributed by atoms with van der Waals surface area (Å²) in [6.07, 6.45) is 10.4. The quantitative estimate of drug-likeness (QED) is 0.672. The number of nitrogens with zero attached hydrogens (tertiary/aromatic N) is 1. The molecule has 0 aromatic carbocycles. The van der Waals surface area contributed by atoms with Gasteiger partial charge in [0.05, 0.1) is 16.5 Å². The number of aromatic nitrogens is 2. The fraction of sp³-hybridized carbons (Fsp3) is 0.400. The molecular weight excluding hydrogens is 392 g/mol. The number of carbonyl (C=O) groups excluding carboxylic acids is 1. The number of sulfone groups is 1.